The fourth-order valence-corrected chi connectivity index (χ4v) is 3.27. The van der Waals surface area contributed by atoms with Crippen LogP contribution in [-0.2, 0) is 0 Å². The van der Waals surface area contributed by atoms with Crippen LogP contribution < -0.4 is 10.6 Å². The van der Waals surface area contributed by atoms with Gasteiger partial charge in [-0.25, -0.2) is 0 Å². The summed E-state index contributed by atoms with van der Waals surface area (Å²) < 4.78 is 0. The second-order valence-corrected chi connectivity index (χ2v) is 5.89. The molecule has 0 atom stereocenters. The molecule has 0 unspecified atom stereocenters. The van der Waals surface area contributed by atoms with E-state index in [4.69, 9.17) is 11.6 Å². The van der Waals surface area contributed by atoms with E-state index in [9.17, 15) is 0 Å². The van der Waals surface area contributed by atoms with Gasteiger partial charge in [0.15, 0.2) is 0 Å². The van der Waals surface area contributed by atoms with Gasteiger partial charge >= 0.3 is 0 Å². The van der Waals surface area contributed by atoms with E-state index in [0.717, 1.165) is 23.8 Å². The zero-order valence-electron chi connectivity index (χ0n) is 10.1. The van der Waals surface area contributed by atoms with Gasteiger partial charge in [-0.05, 0) is 31.0 Å². The molecule has 2 N–H and O–H groups in total. The Hall–Kier alpha value is -0.890. The Kier molecular flexibility index (Phi) is 2.91. The molecule has 0 bridgehead atoms. The second kappa shape index (κ2) is 4.41. The molecule has 1 saturated carbocycles. The first-order valence-corrected chi connectivity index (χ1v) is 6.93. The molecule has 1 aromatic carbocycles. The first-order chi connectivity index (χ1) is 8.27. The Morgan fingerprint density at radius 1 is 0.941 bits per heavy atom. The highest BCUT2D eigenvalue weighted by molar-refractivity contribution is 6.31. The standard InChI is InChI=1S/C14H19ClN2/c15-11-4-5-12-13(8-11)17-10-14(9-16-12)6-2-1-3-7-14/h4-5,8,16-17H,1-3,6-7,9-10H2. The molecule has 2 aliphatic rings. The first-order valence-electron chi connectivity index (χ1n) is 6.55. The fraction of sp³-hybridized carbons (Fsp3) is 0.571. The van der Waals surface area contributed by atoms with Crippen LogP contribution in [0.1, 0.15) is 32.1 Å². The average molecular weight is 251 g/mol. The minimum absolute atomic E-state index is 0.448. The van der Waals surface area contributed by atoms with Crippen LogP contribution in [0.15, 0.2) is 18.2 Å². The van der Waals surface area contributed by atoms with Crippen molar-refractivity contribution in [2.75, 3.05) is 23.7 Å². The predicted molar refractivity (Wildman–Crippen MR) is 73.9 cm³/mol. The summed E-state index contributed by atoms with van der Waals surface area (Å²) in [5.41, 5.74) is 2.79. The number of hydrogen-bond donors (Lipinski definition) is 2. The number of hydrogen-bond acceptors (Lipinski definition) is 2. The highest BCUT2D eigenvalue weighted by atomic mass is 35.5. The lowest BCUT2D eigenvalue weighted by Gasteiger charge is -2.36. The lowest BCUT2D eigenvalue weighted by Crippen LogP contribution is -2.36. The summed E-state index contributed by atoms with van der Waals surface area (Å²) >= 11 is 6.04. The number of anilines is 2. The number of rotatable bonds is 0. The van der Waals surface area contributed by atoms with E-state index in [0.29, 0.717) is 5.41 Å². The summed E-state index contributed by atoms with van der Waals surface area (Å²) in [5.74, 6) is 0. The van der Waals surface area contributed by atoms with E-state index in [1.165, 1.54) is 37.8 Å². The molecule has 0 amide bonds. The topological polar surface area (TPSA) is 24.1 Å². The molecule has 1 heterocycles. The highest BCUT2D eigenvalue weighted by Gasteiger charge is 2.33. The van der Waals surface area contributed by atoms with E-state index in [2.05, 4.69) is 16.7 Å². The van der Waals surface area contributed by atoms with E-state index in [1.807, 2.05) is 12.1 Å². The van der Waals surface area contributed by atoms with Crippen molar-refractivity contribution in [1.29, 1.82) is 0 Å². The molecule has 0 saturated heterocycles. The van der Waals surface area contributed by atoms with Crippen molar-refractivity contribution < 1.29 is 0 Å². The van der Waals surface area contributed by atoms with E-state index < -0.39 is 0 Å². The van der Waals surface area contributed by atoms with Crippen LogP contribution in [0.5, 0.6) is 0 Å². The Labute approximate surface area is 108 Å². The van der Waals surface area contributed by atoms with Gasteiger partial charge in [0.05, 0.1) is 11.4 Å². The van der Waals surface area contributed by atoms with E-state index in [-0.39, 0.29) is 0 Å². The van der Waals surface area contributed by atoms with Gasteiger partial charge in [-0.1, -0.05) is 30.9 Å². The smallest absolute Gasteiger partial charge is 0.0591 e. The van der Waals surface area contributed by atoms with Gasteiger partial charge in [0, 0.05) is 23.5 Å². The van der Waals surface area contributed by atoms with Gasteiger partial charge in [-0.2, -0.15) is 0 Å². The van der Waals surface area contributed by atoms with E-state index >= 15 is 0 Å². The number of fused-ring (bicyclic) bond motifs is 1. The van der Waals surface area contributed by atoms with Crippen molar-refractivity contribution in [3.63, 3.8) is 0 Å². The van der Waals surface area contributed by atoms with Crippen LogP contribution in [0, 0.1) is 5.41 Å². The molecule has 92 valence electrons. The number of halogens is 1. The van der Waals surface area contributed by atoms with Crippen LogP contribution in [0.4, 0.5) is 11.4 Å². The van der Waals surface area contributed by atoms with Crippen molar-refractivity contribution in [3.05, 3.63) is 23.2 Å². The summed E-state index contributed by atoms with van der Waals surface area (Å²) in [5, 5.41) is 7.97. The highest BCUT2D eigenvalue weighted by Crippen LogP contribution is 2.40. The minimum atomic E-state index is 0.448. The molecule has 1 fully saturated rings. The molecule has 0 aromatic heterocycles. The molecule has 3 heteroatoms. The summed E-state index contributed by atoms with van der Waals surface area (Å²) in [4.78, 5) is 0. The molecular formula is C14H19ClN2. The van der Waals surface area contributed by atoms with Crippen molar-refractivity contribution in [1.82, 2.24) is 0 Å². The SMILES string of the molecule is Clc1ccc2c(c1)NCC1(CCCCC1)CN2. The molecule has 2 nitrogen and oxygen atoms in total. The number of benzene rings is 1. The van der Waals surface area contributed by atoms with Crippen LogP contribution in [-0.4, -0.2) is 13.1 Å². The van der Waals surface area contributed by atoms with Gasteiger partial charge in [0.25, 0.3) is 0 Å². The summed E-state index contributed by atoms with van der Waals surface area (Å²) in [6.07, 6.45) is 6.84. The van der Waals surface area contributed by atoms with Crippen LogP contribution >= 0.6 is 11.6 Å². The van der Waals surface area contributed by atoms with Gasteiger partial charge in [-0.15, -0.1) is 0 Å². The third-order valence-corrected chi connectivity index (χ3v) is 4.44. The van der Waals surface area contributed by atoms with Crippen molar-refractivity contribution in [3.8, 4) is 0 Å². The molecule has 1 aliphatic heterocycles. The summed E-state index contributed by atoms with van der Waals surface area (Å²) in [7, 11) is 0. The largest absolute Gasteiger partial charge is 0.383 e. The summed E-state index contributed by atoms with van der Waals surface area (Å²) in [6, 6.07) is 6.05. The van der Waals surface area contributed by atoms with E-state index in [1.54, 1.807) is 0 Å². The molecule has 0 radical (unpaired) electrons. The number of nitrogens with one attached hydrogen (secondary N) is 2. The average Bonchev–Trinajstić information content (AvgIpc) is 2.52. The minimum Gasteiger partial charge on any atom is -0.383 e. The molecular weight excluding hydrogens is 232 g/mol. The van der Waals surface area contributed by atoms with Crippen LogP contribution in [0.2, 0.25) is 5.02 Å². The van der Waals surface area contributed by atoms with Gasteiger partial charge < -0.3 is 10.6 Å². The Morgan fingerprint density at radius 2 is 1.65 bits per heavy atom. The van der Waals surface area contributed by atoms with Gasteiger partial charge in [0.1, 0.15) is 0 Å². The Bertz CT molecular complexity index is 411. The molecule has 1 aromatic rings. The van der Waals surface area contributed by atoms with Crippen molar-refractivity contribution in [2.24, 2.45) is 5.41 Å². The van der Waals surface area contributed by atoms with Gasteiger partial charge in [0.2, 0.25) is 0 Å². The van der Waals surface area contributed by atoms with Crippen molar-refractivity contribution in [2.45, 2.75) is 32.1 Å². The van der Waals surface area contributed by atoms with Crippen LogP contribution in [0.3, 0.4) is 0 Å². The molecule has 17 heavy (non-hydrogen) atoms. The maximum absolute atomic E-state index is 6.04. The summed E-state index contributed by atoms with van der Waals surface area (Å²) in [6.45, 7) is 2.17. The maximum atomic E-state index is 6.04. The zero-order valence-corrected chi connectivity index (χ0v) is 10.8. The zero-order chi connectivity index (χ0) is 11.7. The van der Waals surface area contributed by atoms with Gasteiger partial charge in [-0.3, -0.25) is 0 Å². The van der Waals surface area contributed by atoms with Crippen LogP contribution in [0.25, 0.3) is 0 Å². The van der Waals surface area contributed by atoms with Crippen molar-refractivity contribution >= 4 is 23.0 Å². The lowest BCUT2D eigenvalue weighted by atomic mass is 9.74. The Balaban J connectivity index is 1.82. The first kappa shape index (κ1) is 11.2. The molecule has 1 aliphatic carbocycles. The Morgan fingerprint density at radius 3 is 2.41 bits per heavy atom. The lowest BCUT2D eigenvalue weighted by molar-refractivity contribution is 0.224. The predicted octanol–water partition coefficient (Wildman–Crippen LogP) is 4.13. The third-order valence-electron chi connectivity index (χ3n) is 4.20. The third kappa shape index (κ3) is 2.23. The maximum Gasteiger partial charge on any atom is 0.0591 e. The normalized spacial score (nSPS) is 22.2. The molecule has 1 spiro atoms. The monoisotopic (exact) mass is 250 g/mol. The fourth-order valence-electron chi connectivity index (χ4n) is 3.10. The second-order valence-electron chi connectivity index (χ2n) is 5.46. The quantitative estimate of drug-likeness (QED) is 0.724. The molecule has 3 rings (SSSR count).